The third-order valence-corrected chi connectivity index (χ3v) is 2.29. The van der Waals surface area contributed by atoms with Crippen LogP contribution < -0.4 is 5.32 Å². The van der Waals surface area contributed by atoms with E-state index in [-0.39, 0.29) is 11.9 Å². The third-order valence-electron chi connectivity index (χ3n) is 2.29. The van der Waals surface area contributed by atoms with Gasteiger partial charge in [0.1, 0.15) is 5.60 Å². The number of nitrogens with one attached hydrogen (secondary N) is 1. The number of amides is 1. The number of methoxy groups -OCH3 is 1. The van der Waals surface area contributed by atoms with Gasteiger partial charge in [-0.3, -0.25) is 10.1 Å². The van der Waals surface area contributed by atoms with Crippen LogP contribution in [-0.4, -0.2) is 24.8 Å². The molecule has 96 valence electrons. The lowest BCUT2D eigenvalue weighted by molar-refractivity contribution is -0.143. The van der Waals surface area contributed by atoms with Crippen molar-refractivity contribution in [1.29, 1.82) is 0 Å². The predicted molar refractivity (Wildman–Crippen MR) is 62.2 cm³/mol. The Bertz CT molecular complexity index is 341. The predicted octanol–water partition coefficient (Wildman–Crippen LogP) is 1.98. The highest BCUT2D eigenvalue weighted by molar-refractivity contribution is 5.76. The van der Waals surface area contributed by atoms with Crippen LogP contribution in [0.25, 0.3) is 0 Å². The van der Waals surface area contributed by atoms with Crippen molar-refractivity contribution in [3.05, 3.63) is 11.8 Å². The van der Waals surface area contributed by atoms with E-state index in [0.717, 1.165) is 5.70 Å². The first-order valence-electron chi connectivity index (χ1n) is 5.60. The van der Waals surface area contributed by atoms with Gasteiger partial charge in [0.25, 0.3) is 0 Å². The molecule has 0 radical (unpaired) electrons. The summed E-state index contributed by atoms with van der Waals surface area (Å²) in [7, 11) is 1.36. The lowest BCUT2D eigenvalue weighted by atomic mass is 10.1. The van der Waals surface area contributed by atoms with Crippen molar-refractivity contribution in [2.24, 2.45) is 5.92 Å². The lowest BCUT2D eigenvalue weighted by Crippen LogP contribution is -2.31. The number of allylic oxidation sites excluding steroid dienone is 1. The van der Waals surface area contributed by atoms with E-state index in [4.69, 9.17) is 4.74 Å². The molecule has 1 unspecified atom stereocenters. The first kappa shape index (κ1) is 13.5. The molecular formula is C12H19NO4. The summed E-state index contributed by atoms with van der Waals surface area (Å²) in [4.78, 5) is 22.7. The normalized spacial score (nSPS) is 19.5. The van der Waals surface area contributed by atoms with Crippen LogP contribution in [0, 0.1) is 5.92 Å². The van der Waals surface area contributed by atoms with Crippen molar-refractivity contribution >= 4 is 12.1 Å². The van der Waals surface area contributed by atoms with Gasteiger partial charge in [-0.05, 0) is 33.6 Å². The zero-order chi connectivity index (χ0) is 13.1. The van der Waals surface area contributed by atoms with Crippen LogP contribution >= 0.6 is 0 Å². The summed E-state index contributed by atoms with van der Waals surface area (Å²) in [6.07, 6.45) is 2.54. The number of ether oxygens (including phenoxy) is 2. The Morgan fingerprint density at radius 2 is 2.06 bits per heavy atom. The van der Waals surface area contributed by atoms with Gasteiger partial charge in [-0.15, -0.1) is 0 Å². The van der Waals surface area contributed by atoms with E-state index >= 15 is 0 Å². The molecular weight excluding hydrogens is 222 g/mol. The Morgan fingerprint density at radius 1 is 1.41 bits per heavy atom. The minimum absolute atomic E-state index is 0.259. The van der Waals surface area contributed by atoms with Gasteiger partial charge in [-0.25, -0.2) is 4.79 Å². The zero-order valence-corrected chi connectivity index (χ0v) is 10.7. The molecule has 0 spiro atoms. The molecule has 1 aliphatic carbocycles. The molecule has 1 amide bonds. The Hall–Kier alpha value is -1.52. The number of hydrogen-bond donors (Lipinski definition) is 1. The van der Waals surface area contributed by atoms with Gasteiger partial charge in [-0.1, -0.05) is 6.08 Å². The van der Waals surface area contributed by atoms with Crippen molar-refractivity contribution in [1.82, 2.24) is 5.32 Å². The molecule has 0 aliphatic heterocycles. The summed E-state index contributed by atoms with van der Waals surface area (Å²) in [6.45, 7) is 5.40. The van der Waals surface area contributed by atoms with Crippen LogP contribution in [-0.2, 0) is 14.3 Å². The third kappa shape index (κ3) is 4.46. The summed E-state index contributed by atoms with van der Waals surface area (Å²) >= 11 is 0. The number of rotatable bonds is 2. The van der Waals surface area contributed by atoms with Crippen molar-refractivity contribution in [3.63, 3.8) is 0 Å². The van der Waals surface area contributed by atoms with Crippen LogP contribution in [0.15, 0.2) is 11.8 Å². The Morgan fingerprint density at radius 3 is 2.59 bits per heavy atom. The number of carbonyl (C=O) groups is 2. The SMILES string of the molecule is COC(=O)C1C=C(NC(=O)OC(C)(C)C)CC1. The van der Waals surface area contributed by atoms with E-state index in [1.165, 1.54) is 7.11 Å². The molecule has 1 aliphatic rings. The molecule has 0 bridgehead atoms. The van der Waals surface area contributed by atoms with Crippen molar-refractivity contribution < 1.29 is 19.1 Å². The van der Waals surface area contributed by atoms with Crippen LogP contribution in [0.4, 0.5) is 4.79 Å². The first-order valence-corrected chi connectivity index (χ1v) is 5.60. The molecule has 0 heterocycles. The van der Waals surface area contributed by atoms with Crippen molar-refractivity contribution in [3.8, 4) is 0 Å². The topological polar surface area (TPSA) is 64.6 Å². The number of alkyl carbamates (subject to hydrolysis) is 1. The van der Waals surface area contributed by atoms with Gasteiger partial charge in [0.15, 0.2) is 0 Å². The van der Waals surface area contributed by atoms with Gasteiger partial charge in [0.05, 0.1) is 13.0 Å². The largest absolute Gasteiger partial charge is 0.469 e. The molecule has 0 aromatic carbocycles. The minimum Gasteiger partial charge on any atom is -0.469 e. The van der Waals surface area contributed by atoms with E-state index in [9.17, 15) is 9.59 Å². The summed E-state index contributed by atoms with van der Waals surface area (Å²) in [5.74, 6) is -0.532. The molecule has 0 aromatic rings. The molecule has 1 atom stereocenters. The lowest BCUT2D eigenvalue weighted by Gasteiger charge is -2.19. The standard InChI is InChI=1S/C12H19NO4/c1-12(2,3)17-11(15)13-9-6-5-8(7-9)10(14)16-4/h7-8H,5-6H2,1-4H3,(H,13,15). The number of esters is 1. The van der Waals surface area contributed by atoms with E-state index in [1.54, 1.807) is 26.8 Å². The van der Waals surface area contributed by atoms with Gasteiger partial charge in [-0.2, -0.15) is 0 Å². The van der Waals surface area contributed by atoms with Gasteiger partial charge < -0.3 is 9.47 Å². The average molecular weight is 241 g/mol. The highest BCUT2D eigenvalue weighted by Gasteiger charge is 2.25. The van der Waals surface area contributed by atoms with Crippen LogP contribution in [0.2, 0.25) is 0 Å². The maximum absolute atomic E-state index is 11.5. The van der Waals surface area contributed by atoms with E-state index in [1.807, 2.05) is 0 Å². The van der Waals surface area contributed by atoms with Crippen LogP contribution in [0.5, 0.6) is 0 Å². The van der Waals surface area contributed by atoms with E-state index in [0.29, 0.717) is 12.8 Å². The molecule has 0 fully saturated rings. The molecule has 17 heavy (non-hydrogen) atoms. The van der Waals surface area contributed by atoms with Crippen molar-refractivity contribution in [2.75, 3.05) is 7.11 Å². The maximum Gasteiger partial charge on any atom is 0.411 e. The van der Waals surface area contributed by atoms with E-state index in [2.05, 4.69) is 10.1 Å². The molecule has 1 N–H and O–H groups in total. The van der Waals surface area contributed by atoms with Gasteiger partial charge in [0.2, 0.25) is 0 Å². The number of carbonyl (C=O) groups excluding carboxylic acids is 2. The summed E-state index contributed by atoms with van der Waals surface area (Å²) in [5, 5.41) is 2.64. The molecule has 0 saturated heterocycles. The highest BCUT2D eigenvalue weighted by atomic mass is 16.6. The summed E-state index contributed by atoms with van der Waals surface area (Å²) in [6, 6.07) is 0. The quantitative estimate of drug-likeness (QED) is 0.751. The van der Waals surface area contributed by atoms with Gasteiger partial charge >= 0.3 is 12.1 Å². The second-order valence-electron chi connectivity index (χ2n) is 4.99. The fourth-order valence-corrected chi connectivity index (χ4v) is 1.60. The number of hydrogen-bond acceptors (Lipinski definition) is 4. The molecule has 0 aromatic heterocycles. The van der Waals surface area contributed by atoms with Crippen LogP contribution in [0.3, 0.4) is 0 Å². The second kappa shape index (κ2) is 5.21. The Labute approximate surface area is 101 Å². The Kier molecular flexibility index (Phi) is 4.15. The first-order chi connectivity index (χ1) is 7.81. The summed E-state index contributed by atoms with van der Waals surface area (Å²) in [5.41, 5.74) is 0.194. The Balaban J connectivity index is 2.48. The zero-order valence-electron chi connectivity index (χ0n) is 10.7. The fraction of sp³-hybridized carbons (Fsp3) is 0.667. The monoisotopic (exact) mass is 241 g/mol. The van der Waals surface area contributed by atoms with Crippen molar-refractivity contribution in [2.45, 2.75) is 39.2 Å². The summed E-state index contributed by atoms with van der Waals surface area (Å²) < 4.78 is 9.76. The molecule has 5 nitrogen and oxygen atoms in total. The fourth-order valence-electron chi connectivity index (χ4n) is 1.60. The molecule has 5 heteroatoms. The smallest absolute Gasteiger partial charge is 0.411 e. The van der Waals surface area contributed by atoms with Gasteiger partial charge in [0, 0.05) is 5.70 Å². The average Bonchev–Trinajstić information content (AvgIpc) is 2.62. The molecule has 1 rings (SSSR count). The minimum atomic E-state index is -0.523. The van der Waals surface area contributed by atoms with E-state index < -0.39 is 11.7 Å². The highest BCUT2D eigenvalue weighted by Crippen LogP contribution is 2.23. The molecule has 0 saturated carbocycles. The van der Waals surface area contributed by atoms with Crippen LogP contribution in [0.1, 0.15) is 33.6 Å². The second-order valence-corrected chi connectivity index (χ2v) is 4.99. The maximum atomic E-state index is 11.5.